The number of ether oxygens (including phenoxy) is 1. The minimum atomic E-state index is -0.920. The van der Waals surface area contributed by atoms with Crippen molar-refractivity contribution in [3.05, 3.63) is 29.8 Å². The molecule has 0 aliphatic carbocycles. The highest BCUT2D eigenvalue weighted by Gasteiger charge is 2.12. The summed E-state index contributed by atoms with van der Waals surface area (Å²) in [6, 6.07) is 6.99. The molecule has 1 unspecified atom stereocenters. The summed E-state index contributed by atoms with van der Waals surface area (Å²) in [4.78, 5) is 15.3. The highest BCUT2D eigenvalue weighted by atomic mass is 16.5. The molecule has 0 amide bonds. The van der Waals surface area contributed by atoms with Crippen LogP contribution in [0.3, 0.4) is 0 Å². The lowest BCUT2D eigenvalue weighted by Gasteiger charge is -2.29. The van der Waals surface area contributed by atoms with E-state index in [2.05, 4.69) is 37.7 Å². The van der Waals surface area contributed by atoms with E-state index in [4.69, 9.17) is 9.84 Å². The smallest absolute Gasteiger partial charge is 0.335 e. The highest BCUT2D eigenvalue weighted by molar-refractivity contribution is 5.87. The van der Waals surface area contributed by atoms with Gasteiger partial charge >= 0.3 is 5.97 Å². The van der Waals surface area contributed by atoms with Crippen molar-refractivity contribution in [2.75, 3.05) is 40.3 Å². The van der Waals surface area contributed by atoms with Crippen LogP contribution in [0.2, 0.25) is 0 Å². The molecular weight excluding hydrogens is 268 g/mol. The Morgan fingerprint density at radius 2 is 1.90 bits per heavy atom. The quantitative estimate of drug-likeness (QED) is 0.755. The number of rotatable bonds is 9. The maximum atomic E-state index is 10.8. The zero-order valence-corrected chi connectivity index (χ0v) is 13.4. The van der Waals surface area contributed by atoms with E-state index < -0.39 is 5.97 Å². The van der Waals surface area contributed by atoms with Crippen LogP contribution in [0, 0.1) is 0 Å². The van der Waals surface area contributed by atoms with E-state index in [1.807, 2.05) is 0 Å². The van der Waals surface area contributed by atoms with Gasteiger partial charge in [-0.2, -0.15) is 0 Å². The van der Waals surface area contributed by atoms with E-state index in [0.717, 1.165) is 19.6 Å². The summed E-state index contributed by atoms with van der Waals surface area (Å²) in [6.07, 6.45) is 0. The third-order valence-electron chi connectivity index (χ3n) is 3.41. The van der Waals surface area contributed by atoms with Gasteiger partial charge in [-0.1, -0.05) is 6.92 Å². The highest BCUT2D eigenvalue weighted by Crippen LogP contribution is 2.12. The third-order valence-corrected chi connectivity index (χ3v) is 3.41. The Morgan fingerprint density at radius 1 is 1.29 bits per heavy atom. The van der Waals surface area contributed by atoms with Crippen LogP contribution in [-0.4, -0.2) is 67.3 Å². The van der Waals surface area contributed by atoms with Crippen LogP contribution >= 0.6 is 0 Å². The van der Waals surface area contributed by atoms with Gasteiger partial charge in [0.25, 0.3) is 0 Å². The fourth-order valence-electron chi connectivity index (χ4n) is 2.31. The van der Waals surface area contributed by atoms with Crippen molar-refractivity contribution in [1.29, 1.82) is 0 Å². The molecule has 1 aromatic rings. The van der Waals surface area contributed by atoms with Crippen molar-refractivity contribution in [1.82, 2.24) is 9.80 Å². The maximum Gasteiger partial charge on any atom is 0.335 e. The van der Waals surface area contributed by atoms with Crippen LogP contribution in [0.1, 0.15) is 24.2 Å². The predicted octanol–water partition coefficient (Wildman–Crippen LogP) is 2.04. The van der Waals surface area contributed by atoms with Gasteiger partial charge in [0.1, 0.15) is 12.4 Å². The Morgan fingerprint density at radius 3 is 2.38 bits per heavy atom. The predicted molar refractivity (Wildman–Crippen MR) is 84.2 cm³/mol. The van der Waals surface area contributed by atoms with Crippen LogP contribution in [0.25, 0.3) is 0 Å². The summed E-state index contributed by atoms with van der Waals surface area (Å²) in [5.74, 6) is -0.215. The second kappa shape index (κ2) is 8.64. The van der Waals surface area contributed by atoms with Gasteiger partial charge < -0.3 is 14.7 Å². The first kappa shape index (κ1) is 17.5. The summed E-state index contributed by atoms with van der Waals surface area (Å²) in [5, 5.41) is 8.84. The number of carboxylic acids is 1. The third kappa shape index (κ3) is 6.14. The van der Waals surface area contributed by atoms with Crippen LogP contribution in [0.4, 0.5) is 0 Å². The average molecular weight is 294 g/mol. The number of hydrogen-bond acceptors (Lipinski definition) is 4. The molecule has 0 aliphatic rings. The van der Waals surface area contributed by atoms with Gasteiger partial charge in [0.05, 0.1) is 5.56 Å². The lowest BCUT2D eigenvalue weighted by Crippen LogP contribution is -2.41. The molecule has 0 saturated heterocycles. The second-order valence-electron chi connectivity index (χ2n) is 5.42. The molecule has 5 heteroatoms. The molecule has 1 N–H and O–H groups in total. The first-order valence-corrected chi connectivity index (χ1v) is 7.29. The molecule has 1 rings (SSSR count). The fourth-order valence-corrected chi connectivity index (χ4v) is 2.31. The number of hydrogen-bond donors (Lipinski definition) is 1. The van der Waals surface area contributed by atoms with Crippen LogP contribution in [-0.2, 0) is 0 Å². The number of nitrogens with zero attached hydrogens (tertiary/aromatic N) is 2. The first-order valence-electron chi connectivity index (χ1n) is 7.29. The standard InChI is InChI=1S/C16H26N2O3/c1-5-18(13(2)12-17(3)4)10-11-21-15-8-6-14(7-9-15)16(19)20/h6-9,13H,5,10-12H2,1-4H3,(H,19,20). The number of likely N-dealkylation sites (N-methyl/N-ethyl adjacent to an activating group) is 2. The molecule has 0 aromatic heterocycles. The molecule has 1 atom stereocenters. The topological polar surface area (TPSA) is 53.0 Å². The van der Waals surface area contributed by atoms with Crippen LogP contribution in [0.5, 0.6) is 5.75 Å². The summed E-state index contributed by atoms with van der Waals surface area (Å²) in [5.41, 5.74) is 0.275. The molecule has 5 nitrogen and oxygen atoms in total. The molecule has 0 heterocycles. The van der Waals surface area contributed by atoms with Crippen molar-refractivity contribution in [3.8, 4) is 5.75 Å². The molecule has 0 aliphatic heterocycles. The monoisotopic (exact) mass is 294 g/mol. The van der Waals surface area contributed by atoms with Gasteiger partial charge in [-0.25, -0.2) is 4.79 Å². The van der Waals surface area contributed by atoms with Gasteiger partial charge in [0.2, 0.25) is 0 Å². The molecule has 0 radical (unpaired) electrons. The van der Waals surface area contributed by atoms with Gasteiger partial charge in [0, 0.05) is 19.1 Å². The summed E-state index contributed by atoms with van der Waals surface area (Å²) in [6.45, 7) is 7.81. The Balaban J connectivity index is 2.42. The number of carboxylic acid groups (broad SMARTS) is 1. The fraction of sp³-hybridized carbons (Fsp3) is 0.562. The molecular formula is C16H26N2O3. The molecule has 0 bridgehead atoms. The number of carbonyl (C=O) groups is 1. The van der Waals surface area contributed by atoms with Crippen molar-refractivity contribution >= 4 is 5.97 Å². The van der Waals surface area contributed by atoms with E-state index in [-0.39, 0.29) is 5.56 Å². The molecule has 1 aromatic carbocycles. The maximum absolute atomic E-state index is 10.8. The molecule has 0 fully saturated rings. The minimum absolute atomic E-state index is 0.275. The lowest BCUT2D eigenvalue weighted by molar-refractivity contribution is 0.0697. The second-order valence-corrected chi connectivity index (χ2v) is 5.42. The normalized spacial score (nSPS) is 12.7. The van der Waals surface area contributed by atoms with Crippen molar-refractivity contribution in [3.63, 3.8) is 0 Å². The molecule has 21 heavy (non-hydrogen) atoms. The van der Waals surface area contributed by atoms with E-state index in [9.17, 15) is 4.79 Å². The van der Waals surface area contributed by atoms with Crippen LogP contribution < -0.4 is 4.74 Å². The summed E-state index contributed by atoms with van der Waals surface area (Å²) in [7, 11) is 4.15. The Hall–Kier alpha value is -1.59. The van der Waals surface area contributed by atoms with E-state index in [0.29, 0.717) is 18.4 Å². The number of benzene rings is 1. The minimum Gasteiger partial charge on any atom is -0.492 e. The molecule has 118 valence electrons. The van der Waals surface area contributed by atoms with Gasteiger partial charge in [-0.3, -0.25) is 4.90 Å². The van der Waals surface area contributed by atoms with E-state index >= 15 is 0 Å². The Kier molecular flexibility index (Phi) is 7.19. The zero-order valence-electron chi connectivity index (χ0n) is 13.4. The van der Waals surface area contributed by atoms with Crippen molar-refractivity contribution in [2.45, 2.75) is 19.9 Å². The summed E-state index contributed by atoms with van der Waals surface area (Å²) < 4.78 is 5.68. The zero-order chi connectivity index (χ0) is 15.8. The van der Waals surface area contributed by atoms with Gasteiger partial charge in [-0.05, 0) is 51.8 Å². The largest absolute Gasteiger partial charge is 0.492 e. The SMILES string of the molecule is CCN(CCOc1ccc(C(=O)O)cc1)C(C)CN(C)C. The number of aromatic carboxylic acids is 1. The Labute approximate surface area is 127 Å². The van der Waals surface area contributed by atoms with Crippen molar-refractivity contribution in [2.24, 2.45) is 0 Å². The molecule has 0 spiro atoms. The van der Waals surface area contributed by atoms with Crippen LogP contribution in [0.15, 0.2) is 24.3 Å². The first-order chi connectivity index (χ1) is 9.93. The Bertz CT molecular complexity index is 432. The van der Waals surface area contributed by atoms with Crippen molar-refractivity contribution < 1.29 is 14.6 Å². The van der Waals surface area contributed by atoms with E-state index in [1.165, 1.54) is 0 Å². The van der Waals surface area contributed by atoms with E-state index in [1.54, 1.807) is 24.3 Å². The van der Waals surface area contributed by atoms with Gasteiger partial charge in [-0.15, -0.1) is 0 Å². The average Bonchev–Trinajstić information content (AvgIpc) is 2.43. The lowest BCUT2D eigenvalue weighted by atomic mass is 10.2. The molecule has 0 saturated carbocycles. The van der Waals surface area contributed by atoms with Gasteiger partial charge in [0.15, 0.2) is 0 Å². The summed E-state index contributed by atoms with van der Waals surface area (Å²) >= 11 is 0.